The van der Waals surface area contributed by atoms with E-state index >= 15 is 0 Å². The first-order valence-electron chi connectivity index (χ1n) is 35.6. The van der Waals surface area contributed by atoms with Gasteiger partial charge in [0.15, 0.2) is 6.10 Å². The van der Waals surface area contributed by atoms with Crippen molar-refractivity contribution in [3.05, 3.63) is 48.6 Å². The number of carbonyl (C=O) groups is 3. The Kier molecular flexibility index (Phi) is 66.6. The summed E-state index contributed by atoms with van der Waals surface area (Å²) < 4.78 is 17.0. The fraction of sp³-hybridized carbons (Fsp3) is 0.851. The van der Waals surface area contributed by atoms with Gasteiger partial charge in [-0.1, -0.05) is 333 Å². The molecule has 0 N–H and O–H groups in total. The Labute approximate surface area is 498 Å². The second kappa shape index (κ2) is 68.9. The zero-order chi connectivity index (χ0) is 57.8. The maximum absolute atomic E-state index is 12.9. The highest BCUT2D eigenvalue weighted by Gasteiger charge is 2.19. The van der Waals surface area contributed by atoms with Crippen LogP contribution in [0.2, 0.25) is 0 Å². The summed E-state index contributed by atoms with van der Waals surface area (Å²) in [6.07, 6.45) is 87.2. The number of unbranched alkanes of at least 4 members (excludes halogenated alkanes) is 47. The molecule has 0 amide bonds. The largest absolute Gasteiger partial charge is 0.462 e. The Balaban J connectivity index is 4.11. The minimum atomic E-state index is -0.772. The van der Waals surface area contributed by atoms with Gasteiger partial charge in [-0.05, 0) is 83.5 Å². The zero-order valence-corrected chi connectivity index (χ0v) is 53.9. The van der Waals surface area contributed by atoms with Crippen LogP contribution >= 0.6 is 0 Å². The molecule has 1 atom stereocenters. The third kappa shape index (κ3) is 66.2. The van der Waals surface area contributed by atoms with Gasteiger partial charge >= 0.3 is 17.9 Å². The number of hydrogen-bond acceptors (Lipinski definition) is 6. The van der Waals surface area contributed by atoms with Crippen LogP contribution in [0.15, 0.2) is 48.6 Å². The van der Waals surface area contributed by atoms with Crippen molar-refractivity contribution in [2.75, 3.05) is 13.2 Å². The molecule has 468 valence electrons. The van der Waals surface area contributed by atoms with Crippen molar-refractivity contribution in [2.24, 2.45) is 0 Å². The van der Waals surface area contributed by atoms with E-state index in [0.29, 0.717) is 19.3 Å². The normalized spacial score (nSPS) is 12.3. The minimum absolute atomic E-state index is 0.0690. The van der Waals surface area contributed by atoms with Crippen molar-refractivity contribution < 1.29 is 28.6 Å². The summed E-state index contributed by atoms with van der Waals surface area (Å²) in [4.78, 5) is 38.3. The molecule has 0 aromatic heterocycles. The number of carbonyl (C=O) groups excluding carboxylic acids is 3. The molecule has 0 aromatic carbocycles. The average molecular weight is 1120 g/mol. The van der Waals surface area contributed by atoms with E-state index in [4.69, 9.17) is 14.2 Å². The molecule has 0 aliphatic heterocycles. The molecule has 0 aromatic rings. The van der Waals surface area contributed by atoms with Gasteiger partial charge in [-0.15, -0.1) is 0 Å². The van der Waals surface area contributed by atoms with E-state index in [9.17, 15) is 14.4 Å². The van der Waals surface area contributed by atoms with E-state index in [0.717, 1.165) is 70.6 Å². The Morgan fingerprint density at radius 1 is 0.250 bits per heavy atom. The fourth-order valence-electron chi connectivity index (χ4n) is 10.7. The van der Waals surface area contributed by atoms with Crippen molar-refractivity contribution in [3.63, 3.8) is 0 Å². The third-order valence-electron chi connectivity index (χ3n) is 16.1. The molecule has 0 aliphatic rings. The van der Waals surface area contributed by atoms with Crippen LogP contribution in [0.4, 0.5) is 0 Å². The van der Waals surface area contributed by atoms with Gasteiger partial charge in [0.1, 0.15) is 13.2 Å². The molecule has 1 unspecified atom stereocenters. The highest BCUT2D eigenvalue weighted by Crippen LogP contribution is 2.18. The van der Waals surface area contributed by atoms with Crippen molar-refractivity contribution in [1.82, 2.24) is 0 Å². The summed E-state index contributed by atoms with van der Waals surface area (Å²) in [5.74, 6) is -0.848. The van der Waals surface area contributed by atoms with Crippen LogP contribution in [0.5, 0.6) is 0 Å². The molecule has 6 nitrogen and oxygen atoms in total. The standard InChI is InChI=1S/C74H136O6/c1-4-7-10-13-16-19-22-25-27-29-30-31-32-33-34-35-36-37-38-39-40-41-42-43-44-46-47-49-52-55-58-61-64-67-73(76)79-70-71(69-78-72(75)66-63-60-57-54-51-24-21-18-15-12-9-6-3)80-74(77)68-65-62-59-56-53-50-48-45-28-26-23-20-17-14-11-8-5-2/h22,25-26,28-30,32-33,71H,4-21,23-24,27,31,34-70H2,1-3H3/b25-22-,28-26-,30-29-,33-32-. The monoisotopic (exact) mass is 1120 g/mol. The molecule has 0 spiro atoms. The SMILES string of the molecule is CCCCCCC/C=C\C/C=C\C/C=C\CCCCCCCCCCCCCCCCCCCCC(=O)OCC(COC(=O)CCCCCCCCCCCCCC)OC(=O)CCCCCCCCC/C=C\CCCCCCCC. The molecule has 80 heavy (non-hydrogen) atoms. The topological polar surface area (TPSA) is 78.9 Å². The fourth-order valence-corrected chi connectivity index (χ4v) is 10.7. The first-order chi connectivity index (χ1) is 39.5. The summed E-state index contributed by atoms with van der Waals surface area (Å²) in [6, 6.07) is 0. The van der Waals surface area contributed by atoms with Crippen molar-refractivity contribution in [3.8, 4) is 0 Å². The Morgan fingerprint density at radius 3 is 0.713 bits per heavy atom. The lowest BCUT2D eigenvalue weighted by Gasteiger charge is -2.18. The molecule has 0 heterocycles. The summed E-state index contributed by atoms with van der Waals surface area (Å²) in [6.45, 7) is 6.68. The van der Waals surface area contributed by atoms with Crippen molar-refractivity contribution in [1.29, 1.82) is 0 Å². The highest BCUT2D eigenvalue weighted by molar-refractivity contribution is 5.71. The summed E-state index contributed by atoms with van der Waals surface area (Å²) in [5.41, 5.74) is 0. The predicted molar refractivity (Wildman–Crippen MR) is 349 cm³/mol. The van der Waals surface area contributed by atoms with E-state index in [1.165, 1.54) is 276 Å². The lowest BCUT2D eigenvalue weighted by Crippen LogP contribution is -2.30. The van der Waals surface area contributed by atoms with Crippen LogP contribution in [0.1, 0.15) is 387 Å². The van der Waals surface area contributed by atoms with Crippen LogP contribution in [-0.4, -0.2) is 37.2 Å². The Morgan fingerprint density at radius 2 is 0.450 bits per heavy atom. The number of esters is 3. The Bertz CT molecular complexity index is 1380. The van der Waals surface area contributed by atoms with Gasteiger partial charge in [0, 0.05) is 19.3 Å². The van der Waals surface area contributed by atoms with Crippen molar-refractivity contribution in [2.45, 2.75) is 393 Å². The van der Waals surface area contributed by atoms with Gasteiger partial charge in [-0.2, -0.15) is 0 Å². The molecule has 0 fully saturated rings. The minimum Gasteiger partial charge on any atom is -0.462 e. The van der Waals surface area contributed by atoms with Crippen LogP contribution < -0.4 is 0 Å². The van der Waals surface area contributed by atoms with Gasteiger partial charge in [0.25, 0.3) is 0 Å². The number of hydrogen-bond donors (Lipinski definition) is 0. The lowest BCUT2D eigenvalue weighted by atomic mass is 10.0. The van der Waals surface area contributed by atoms with E-state index < -0.39 is 6.10 Å². The summed E-state index contributed by atoms with van der Waals surface area (Å²) in [7, 11) is 0. The average Bonchev–Trinajstić information content (AvgIpc) is 3.46. The quantitative estimate of drug-likeness (QED) is 0.0261. The van der Waals surface area contributed by atoms with E-state index in [1.54, 1.807) is 0 Å². The first kappa shape index (κ1) is 77.4. The second-order valence-electron chi connectivity index (χ2n) is 24.1. The number of rotatable bonds is 66. The molecule has 0 radical (unpaired) electrons. The Hall–Kier alpha value is -2.63. The molecule has 0 aliphatic carbocycles. The van der Waals surface area contributed by atoms with Gasteiger partial charge in [-0.25, -0.2) is 0 Å². The van der Waals surface area contributed by atoms with Gasteiger partial charge in [-0.3, -0.25) is 14.4 Å². The van der Waals surface area contributed by atoms with Gasteiger partial charge in [0.05, 0.1) is 0 Å². The highest BCUT2D eigenvalue weighted by atomic mass is 16.6. The molecule has 6 heteroatoms. The molecule has 0 rings (SSSR count). The molecular formula is C74H136O6. The van der Waals surface area contributed by atoms with E-state index in [2.05, 4.69) is 69.4 Å². The van der Waals surface area contributed by atoms with E-state index in [1.807, 2.05) is 0 Å². The van der Waals surface area contributed by atoms with Crippen LogP contribution in [0, 0.1) is 0 Å². The van der Waals surface area contributed by atoms with Crippen LogP contribution in [0.3, 0.4) is 0 Å². The predicted octanol–water partition coefficient (Wildman–Crippen LogP) is 24.5. The van der Waals surface area contributed by atoms with Crippen molar-refractivity contribution >= 4 is 17.9 Å². The second-order valence-corrected chi connectivity index (χ2v) is 24.1. The summed E-state index contributed by atoms with van der Waals surface area (Å²) >= 11 is 0. The van der Waals surface area contributed by atoms with Gasteiger partial charge in [0.2, 0.25) is 0 Å². The molecule has 0 bridgehead atoms. The van der Waals surface area contributed by atoms with Crippen LogP contribution in [0.25, 0.3) is 0 Å². The van der Waals surface area contributed by atoms with Crippen LogP contribution in [-0.2, 0) is 28.6 Å². The summed E-state index contributed by atoms with van der Waals surface area (Å²) in [5, 5.41) is 0. The smallest absolute Gasteiger partial charge is 0.306 e. The molecule has 0 saturated carbocycles. The number of allylic oxidation sites excluding steroid dienone is 8. The van der Waals surface area contributed by atoms with Gasteiger partial charge < -0.3 is 14.2 Å². The maximum Gasteiger partial charge on any atom is 0.306 e. The first-order valence-corrected chi connectivity index (χ1v) is 35.6. The maximum atomic E-state index is 12.9. The molecular weight excluding hydrogens is 985 g/mol. The van der Waals surface area contributed by atoms with E-state index in [-0.39, 0.29) is 31.1 Å². The number of ether oxygens (including phenoxy) is 3. The molecule has 0 saturated heterocycles. The third-order valence-corrected chi connectivity index (χ3v) is 16.1. The lowest BCUT2D eigenvalue weighted by molar-refractivity contribution is -0.167. The zero-order valence-electron chi connectivity index (χ0n) is 53.9.